The molecule has 0 aliphatic heterocycles. The van der Waals surface area contributed by atoms with Crippen LogP contribution in [0.25, 0.3) is 0 Å². The molecule has 2 aromatic rings. The first kappa shape index (κ1) is 10.5. The largest absolute Gasteiger partial charge is 0.292 e. The lowest BCUT2D eigenvalue weighted by Gasteiger charge is -2.05. The zero-order chi connectivity index (χ0) is 11.5. The molecule has 0 radical (unpaired) electrons. The third-order valence-electron chi connectivity index (χ3n) is 2.47. The molecule has 0 N–H and O–H groups in total. The minimum Gasteiger partial charge on any atom is -0.292 e. The van der Waals surface area contributed by atoms with Crippen LogP contribution in [0, 0.1) is 13.8 Å². The first-order valence-electron chi connectivity index (χ1n) is 5.09. The molecule has 0 saturated heterocycles. The van der Waals surface area contributed by atoms with Crippen molar-refractivity contribution in [3.63, 3.8) is 0 Å². The predicted molar refractivity (Wildman–Crippen MR) is 60.3 cm³/mol. The highest BCUT2D eigenvalue weighted by Gasteiger charge is 2.10. The molecule has 2 rings (SSSR count). The van der Waals surface area contributed by atoms with Gasteiger partial charge in [-0.15, -0.1) is 0 Å². The van der Waals surface area contributed by atoms with E-state index in [9.17, 15) is 4.79 Å². The van der Waals surface area contributed by atoms with Crippen LogP contribution in [0.5, 0.6) is 0 Å². The van der Waals surface area contributed by atoms with E-state index in [0.29, 0.717) is 0 Å². The SMILES string of the molecule is Cc1ccc(C)c(C(=O)Cn2cncn2)c1. The van der Waals surface area contributed by atoms with Gasteiger partial charge in [0, 0.05) is 5.56 Å². The Balaban J connectivity index is 2.24. The lowest BCUT2D eigenvalue weighted by molar-refractivity contribution is 0.0967. The number of Topliss-reactive ketones (excluding diaryl/α,β-unsaturated/α-hetero) is 1. The Kier molecular flexibility index (Phi) is 2.81. The fraction of sp³-hybridized carbons (Fsp3) is 0.250. The van der Waals surface area contributed by atoms with E-state index in [0.717, 1.165) is 16.7 Å². The smallest absolute Gasteiger partial charge is 0.184 e. The monoisotopic (exact) mass is 215 g/mol. The van der Waals surface area contributed by atoms with Gasteiger partial charge >= 0.3 is 0 Å². The third kappa shape index (κ3) is 2.16. The van der Waals surface area contributed by atoms with Crippen LogP contribution in [0.2, 0.25) is 0 Å². The van der Waals surface area contributed by atoms with Crippen molar-refractivity contribution in [1.82, 2.24) is 14.8 Å². The lowest BCUT2D eigenvalue weighted by atomic mass is 10.0. The molecule has 0 aliphatic carbocycles. The van der Waals surface area contributed by atoms with Crippen LogP contribution in [0.4, 0.5) is 0 Å². The van der Waals surface area contributed by atoms with E-state index in [4.69, 9.17) is 0 Å². The standard InChI is InChI=1S/C12H13N3O/c1-9-3-4-10(2)11(5-9)12(16)6-15-8-13-7-14-15/h3-5,7-8H,6H2,1-2H3. The van der Waals surface area contributed by atoms with Crippen LogP contribution >= 0.6 is 0 Å². The molecule has 0 aliphatic rings. The quantitative estimate of drug-likeness (QED) is 0.733. The summed E-state index contributed by atoms with van der Waals surface area (Å²) in [6.45, 7) is 4.16. The van der Waals surface area contributed by atoms with Gasteiger partial charge < -0.3 is 0 Å². The zero-order valence-corrected chi connectivity index (χ0v) is 9.34. The van der Waals surface area contributed by atoms with Crippen molar-refractivity contribution in [2.24, 2.45) is 0 Å². The van der Waals surface area contributed by atoms with Gasteiger partial charge in [0.05, 0.1) is 0 Å². The molecule has 1 aromatic heterocycles. The Labute approximate surface area is 93.9 Å². The number of hydrogen-bond acceptors (Lipinski definition) is 3. The lowest BCUT2D eigenvalue weighted by Crippen LogP contribution is -2.12. The van der Waals surface area contributed by atoms with Crippen molar-refractivity contribution in [3.8, 4) is 0 Å². The summed E-state index contributed by atoms with van der Waals surface area (Å²) in [5, 5.41) is 3.92. The number of benzene rings is 1. The molecule has 16 heavy (non-hydrogen) atoms. The molecule has 1 heterocycles. The summed E-state index contributed by atoms with van der Waals surface area (Å²) in [5.74, 6) is 0.0618. The van der Waals surface area contributed by atoms with E-state index < -0.39 is 0 Å². The number of aromatic nitrogens is 3. The van der Waals surface area contributed by atoms with Crippen LogP contribution in [0.1, 0.15) is 21.5 Å². The molecule has 0 bridgehead atoms. The Morgan fingerprint density at radius 3 is 2.88 bits per heavy atom. The number of carbonyl (C=O) groups is 1. The van der Waals surface area contributed by atoms with Crippen LogP contribution in [0.15, 0.2) is 30.9 Å². The molecule has 0 spiro atoms. The van der Waals surface area contributed by atoms with Gasteiger partial charge in [-0.3, -0.25) is 4.79 Å². The molecule has 0 saturated carbocycles. The van der Waals surface area contributed by atoms with Gasteiger partial charge in [0.1, 0.15) is 19.2 Å². The molecule has 4 heteroatoms. The predicted octanol–water partition coefficient (Wildman–Crippen LogP) is 1.78. The van der Waals surface area contributed by atoms with E-state index in [1.807, 2.05) is 32.0 Å². The maximum atomic E-state index is 12.0. The van der Waals surface area contributed by atoms with Crippen LogP contribution in [-0.2, 0) is 6.54 Å². The van der Waals surface area contributed by atoms with Gasteiger partial charge in [0.2, 0.25) is 0 Å². The summed E-state index contributed by atoms with van der Waals surface area (Å²) < 4.78 is 1.53. The molecule has 0 fully saturated rings. The molecule has 1 aromatic carbocycles. The first-order valence-corrected chi connectivity index (χ1v) is 5.09. The second-order valence-corrected chi connectivity index (χ2v) is 3.83. The maximum absolute atomic E-state index is 12.0. The topological polar surface area (TPSA) is 47.8 Å². The third-order valence-corrected chi connectivity index (χ3v) is 2.47. The summed E-state index contributed by atoms with van der Waals surface area (Å²) in [5.41, 5.74) is 2.85. The minimum absolute atomic E-state index is 0.0618. The Morgan fingerprint density at radius 2 is 2.19 bits per heavy atom. The fourth-order valence-corrected chi connectivity index (χ4v) is 1.58. The van der Waals surface area contributed by atoms with Crippen molar-refractivity contribution in [2.75, 3.05) is 0 Å². The molecule has 0 unspecified atom stereocenters. The number of rotatable bonds is 3. The van der Waals surface area contributed by atoms with Gasteiger partial charge in [-0.25, -0.2) is 9.67 Å². The average Bonchev–Trinajstić information content (AvgIpc) is 2.74. The van der Waals surface area contributed by atoms with Gasteiger partial charge in [0.25, 0.3) is 0 Å². The zero-order valence-electron chi connectivity index (χ0n) is 9.34. The minimum atomic E-state index is 0.0618. The summed E-state index contributed by atoms with van der Waals surface area (Å²) in [6, 6.07) is 5.88. The summed E-state index contributed by atoms with van der Waals surface area (Å²) in [4.78, 5) is 15.8. The number of carbonyl (C=O) groups excluding carboxylic acids is 1. The van der Waals surface area contributed by atoms with E-state index in [2.05, 4.69) is 10.1 Å². The molecule has 4 nitrogen and oxygen atoms in total. The van der Waals surface area contributed by atoms with E-state index in [1.54, 1.807) is 6.33 Å². The highest BCUT2D eigenvalue weighted by molar-refractivity contribution is 5.97. The van der Waals surface area contributed by atoms with E-state index in [-0.39, 0.29) is 12.3 Å². The Morgan fingerprint density at radius 1 is 1.38 bits per heavy atom. The van der Waals surface area contributed by atoms with Crippen molar-refractivity contribution in [1.29, 1.82) is 0 Å². The van der Waals surface area contributed by atoms with Gasteiger partial charge in [-0.2, -0.15) is 5.10 Å². The molecule has 0 atom stereocenters. The molecular weight excluding hydrogens is 202 g/mol. The van der Waals surface area contributed by atoms with Crippen LogP contribution < -0.4 is 0 Å². The van der Waals surface area contributed by atoms with Gasteiger partial charge in [0.15, 0.2) is 5.78 Å². The number of hydrogen-bond donors (Lipinski definition) is 0. The first-order chi connectivity index (χ1) is 7.66. The average molecular weight is 215 g/mol. The van der Waals surface area contributed by atoms with Gasteiger partial charge in [-0.1, -0.05) is 17.7 Å². The maximum Gasteiger partial charge on any atom is 0.184 e. The summed E-state index contributed by atoms with van der Waals surface area (Å²) in [7, 11) is 0. The fourth-order valence-electron chi connectivity index (χ4n) is 1.58. The highest BCUT2D eigenvalue weighted by Crippen LogP contribution is 2.11. The van der Waals surface area contributed by atoms with Gasteiger partial charge in [-0.05, 0) is 25.5 Å². The van der Waals surface area contributed by atoms with Crippen molar-refractivity contribution >= 4 is 5.78 Å². The molecule has 82 valence electrons. The summed E-state index contributed by atoms with van der Waals surface area (Å²) >= 11 is 0. The van der Waals surface area contributed by atoms with Crippen molar-refractivity contribution in [3.05, 3.63) is 47.5 Å². The number of nitrogens with zero attached hydrogens (tertiary/aromatic N) is 3. The van der Waals surface area contributed by atoms with Crippen LogP contribution in [-0.4, -0.2) is 20.5 Å². The number of ketones is 1. The second-order valence-electron chi connectivity index (χ2n) is 3.83. The Hall–Kier alpha value is -1.97. The van der Waals surface area contributed by atoms with E-state index in [1.165, 1.54) is 11.0 Å². The number of aryl methyl sites for hydroxylation is 2. The Bertz CT molecular complexity index is 503. The highest BCUT2D eigenvalue weighted by atomic mass is 16.1. The molecular formula is C12H13N3O. The van der Waals surface area contributed by atoms with E-state index >= 15 is 0 Å². The normalized spacial score (nSPS) is 10.4. The van der Waals surface area contributed by atoms with Crippen molar-refractivity contribution < 1.29 is 4.79 Å². The molecule has 0 amide bonds. The second kappa shape index (κ2) is 4.26. The summed E-state index contributed by atoms with van der Waals surface area (Å²) in [6.07, 6.45) is 2.97. The van der Waals surface area contributed by atoms with Crippen LogP contribution in [0.3, 0.4) is 0 Å². The van der Waals surface area contributed by atoms with Crippen molar-refractivity contribution in [2.45, 2.75) is 20.4 Å².